The highest BCUT2D eigenvalue weighted by Gasteiger charge is 2.24. The number of ketones is 2. The van der Waals surface area contributed by atoms with Crippen LogP contribution in [0.2, 0.25) is 0 Å². The summed E-state index contributed by atoms with van der Waals surface area (Å²) in [6.07, 6.45) is 0. The molecule has 6 nitrogen and oxygen atoms in total. The molecule has 0 aliphatic rings. The van der Waals surface area contributed by atoms with Crippen LogP contribution < -0.4 is 18.9 Å². The molecule has 10 aromatic carbocycles. The van der Waals surface area contributed by atoms with Gasteiger partial charge in [0.1, 0.15) is 40.2 Å². The maximum absolute atomic E-state index is 13.7. The van der Waals surface area contributed by atoms with Gasteiger partial charge in [0.2, 0.25) is 0 Å². The molecule has 0 aromatic heterocycles. The summed E-state index contributed by atoms with van der Waals surface area (Å²) < 4.78 is 24.9. The molecule has 0 N–H and O–H groups in total. The minimum absolute atomic E-state index is 0.0191. The van der Waals surface area contributed by atoms with Crippen molar-refractivity contribution in [1.82, 2.24) is 0 Å². The molecule has 0 aliphatic heterocycles. The van der Waals surface area contributed by atoms with Crippen molar-refractivity contribution < 1.29 is 28.5 Å². The molecule has 0 radical (unpaired) electrons. The van der Waals surface area contributed by atoms with E-state index in [1.807, 2.05) is 128 Å². The van der Waals surface area contributed by atoms with Gasteiger partial charge in [-0.05, 0) is 149 Å². The molecular formula is C63H48O6. The first-order valence-electron chi connectivity index (χ1n) is 22.9. The van der Waals surface area contributed by atoms with Crippen molar-refractivity contribution in [3.63, 3.8) is 0 Å². The molecule has 0 heterocycles. The van der Waals surface area contributed by atoms with E-state index in [2.05, 4.69) is 74.5 Å². The third-order valence-electron chi connectivity index (χ3n) is 12.8. The van der Waals surface area contributed by atoms with E-state index in [0.717, 1.165) is 55.1 Å². The van der Waals surface area contributed by atoms with Gasteiger partial charge in [-0.25, -0.2) is 0 Å². The number of hydrogen-bond donors (Lipinski definition) is 0. The Morgan fingerprint density at radius 2 is 0.696 bits per heavy atom. The molecule has 0 bridgehead atoms. The Balaban J connectivity index is 0.774. The molecule has 10 aromatic rings. The largest absolute Gasteiger partial charge is 0.496 e. The second-order valence-electron chi connectivity index (χ2n) is 17.6. The zero-order chi connectivity index (χ0) is 47.5. The number of carbonyl (C=O) groups is 2. The topological polar surface area (TPSA) is 71.1 Å². The van der Waals surface area contributed by atoms with Gasteiger partial charge in [-0.3, -0.25) is 9.59 Å². The SMILES string of the molecule is COc1ccc2ccccc2c1-c1c(Oc2ccc(C(=O)c3ccc(Oc4ccc(C(C)(C)c5ccc(Oc6ccc(C(=O)c7ccc(C)cc7)cc6)cc5)cc4)cc3)cc2)ccc2ccccc12. The van der Waals surface area contributed by atoms with Crippen molar-refractivity contribution in [2.45, 2.75) is 26.2 Å². The Labute approximate surface area is 402 Å². The fourth-order valence-electron chi connectivity index (χ4n) is 8.78. The molecule has 0 aliphatic carbocycles. The Kier molecular flexibility index (Phi) is 12.1. The Morgan fingerprint density at radius 1 is 0.362 bits per heavy atom. The first-order chi connectivity index (χ1) is 33.6. The summed E-state index contributed by atoms with van der Waals surface area (Å²) in [4.78, 5) is 26.6. The van der Waals surface area contributed by atoms with Crippen molar-refractivity contribution in [3.8, 4) is 51.4 Å². The van der Waals surface area contributed by atoms with Gasteiger partial charge >= 0.3 is 0 Å². The van der Waals surface area contributed by atoms with Crippen molar-refractivity contribution in [1.29, 1.82) is 0 Å². The number of carbonyl (C=O) groups excluding carboxylic acids is 2. The van der Waals surface area contributed by atoms with E-state index in [9.17, 15) is 9.59 Å². The van der Waals surface area contributed by atoms with E-state index in [1.54, 1.807) is 43.5 Å². The predicted molar refractivity (Wildman–Crippen MR) is 276 cm³/mol. The van der Waals surface area contributed by atoms with Crippen LogP contribution in [0.3, 0.4) is 0 Å². The maximum atomic E-state index is 13.7. The van der Waals surface area contributed by atoms with Crippen molar-refractivity contribution in [3.05, 3.63) is 257 Å². The molecule has 0 spiro atoms. The van der Waals surface area contributed by atoms with E-state index in [0.29, 0.717) is 56.8 Å². The Hall–Kier alpha value is -8.74. The lowest BCUT2D eigenvalue weighted by atomic mass is 9.78. The van der Waals surface area contributed by atoms with Gasteiger partial charge in [0.25, 0.3) is 0 Å². The van der Waals surface area contributed by atoms with Crippen molar-refractivity contribution >= 4 is 33.1 Å². The second-order valence-corrected chi connectivity index (χ2v) is 17.6. The number of benzene rings is 10. The zero-order valence-corrected chi connectivity index (χ0v) is 38.7. The first-order valence-corrected chi connectivity index (χ1v) is 22.9. The third-order valence-corrected chi connectivity index (χ3v) is 12.8. The lowest BCUT2D eigenvalue weighted by Crippen LogP contribution is -2.18. The molecular weight excluding hydrogens is 853 g/mol. The number of rotatable bonds is 14. The highest BCUT2D eigenvalue weighted by Crippen LogP contribution is 2.46. The summed E-state index contributed by atoms with van der Waals surface area (Å²) in [5, 5.41) is 4.30. The number of fused-ring (bicyclic) bond motifs is 2. The van der Waals surface area contributed by atoms with E-state index in [-0.39, 0.29) is 17.0 Å². The second kappa shape index (κ2) is 18.9. The molecule has 6 heteroatoms. The Morgan fingerprint density at radius 3 is 1.10 bits per heavy atom. The minimum atomic E-state index is -0.299. The van der Waals surface area contributed by atoms with E-state index >= 15 is 0 Å². The van der Waals surface area contributed by atoms with Crippen LogP contribution in [-0.4, -0.2) is 18.7 Å². The van der Waals surface area contributed by atoms with Gasteiger partial charge in [-0.2, -0.15) is 0 Å². The van der Waals surface area contributed by atoms with Gasteiger partial charge in [-0.1, -0.05) is 129 Å². The van der Waals surface area contributed by atoms with E-state index in [1.165, 1.54) is 0 Å². The molecule has 0 amide bonds. The number of aryl methyl sites for hydroxylation is 1. The van der Waals surface area contributed by atoms with Crippen LogP contribution in [0.4, 0.5) is 0 Å². The number of ether oxygens (including phenoxy) is 4. The summed E-state index contributed by atoms with van der Waals surface area (Å²) >= 11 is 0. The first kappa shape index (κ1) is 44.1. The number of methoxy groups -OCH3 is 1. The van der Waals surface area contributed by atoms with Gasteiger partial charge in [0.15, 0.2) is 11.6 Å². The lowest BCUT2D eigenvalue weighted by molar-refractivity contribution is 0.103. The fourth-order valence-corrected chi connectivity index (χ4v) is 8.78. The van der Waals surface area contributed by atoms with Crippen LogP contribution in [0.15, 0.2) is 218 Å². The zero-order valence-electron chi connectivity index (χ0n) is 38.7. The van der Waals surface area contributed by atoms with Crippen LogP contribution in [0.25, 0.3) is 32.7 Å². The lowest BCUT2D eigenvalue weighted by Gasteiger charge is -2.26. The summed E-state index contributed by atoms with van der Waals surface area (Å²) in [5.74, 6) is 4.60. The molecule has 69 heavy (non-hydrogen) atoms. The molecule has 0 unspecified atom stereocenters. The van der Waals surface area contributed by atoms with Gasteiger partial charge in [0, 0.05) is 38.8 Å². The minimum Gasteiger partial charge on any atom is -0.496 e. The Bertz CT molecular complexity index is 3460. The fraction of sp³-hybridized carbons (Fsp3) is 0.0794. The normalized spacial score (nSPS) is 11.3. The van der Waals surface area contributed by atoms with Gasteiger partial charge in [-0.15, -0.1) is 0 Å². The van der Waals surface area contributed by atoms with E-state index < -0.39 is 0 Å². The van der Waals surface area contributed by atoms with Crippen LogP contribution in [0, 0.1) is 6.92 Å². The van der Waals surface area contributed by atoms with Crippen molar-refractivity contribution in [2.75, 3.05) is 7.11 Å². The van der Waals surface area contributed by atoms with Crippen molar-refractivity contribution in [2.24, 2.45) is 0 Å². The molecule has 0 saturated heterocycles. The smallest absolute Gasteiger partial charge is 0.193 e. The summed E-state index contributed by atoms with van der Waals surface area (Å²) in [6, 6.07) is 70.1. The predicted octanol–water partition coefficient (Wildman–Crippen LogP) is 16.1. The van der Waals surface area contributed by atoms with Crippen LogP contribution >= 0.6 is 0 Å². The van der Waals surface area contributed by atoms with Crippen LogP contribution in [-0.2, 0) is 5.41 Å². The quantitative estimate of drug-likeness (QED) is 0.101. The number of hydrogen-bond acceptors (Lipinski definition) is 6. The van der Waals surface area contributed by atoms with Crippen LogP contribution in [0.5, 0.6) is 40.2 Å². The third kappa shape index (κ3) is 9.21. The van der Waals surface area contributed by atoms with Gasteiger partial charge in [0.05, 0.1) is 7.11 Å². The van der Waals surface area contributed by atoms with Crippen LogP contribution in [0.1, 0.15) is 62.4 Å². The molecule has 0 atom stereocenters. The highest BCUT2D eigenvalue weighted by atomic mass is 16.5. The summed E-state index contributed by atoms with van der Waals surface area (Å²) in [6.45, 7) is 6.37. The standard InChI is InChI=1S/C63H48O6/c1-41-13-15-44(16-14-41)61(64)45-17-29-50(30-18-45)67-52-35-25-48(26-36-52)63(2,3)49-27-37-53(38-28-49)68-51-31-19-46(20-32-51)62(65)47-21-33-54(34-22-47)69-58-40-24-43-10-6-8-12-56(43)60(58)59-55-11-7-5-9-42(55)23-39-57(59)66-4/h5-40H,1-4H3. The molecule has 0 fully saturated rings. The molecule has 10 rings (SSSR count). The highest BCUT2D eigenvalue weighted by molar-refractivity contribution is 6.11. The average Bonchev–Trinajstić information content (AvgIpc) is 3.39. The summed E-state index contributed by atoms with van der Waals surface area (Å²) in [5.41, 5.74) is 7.33. The van der Waals surface area contributed by atoms with E-state index in [4.69, 9.17) is 18.9 Å². The van der Waals surface area contributed by atoms with Gasteiger partial charge < -0.3 is 18.9 Å². The maximum Gasteiger partial charge on any atom is 0.193 e. The molecule has 0 saturated carbocycles. The molecule has 336 valence electrons. The average molecular weight is 901 g/mol. The monoisotopic (exact) mass is 900 g/mol. The summed E-state index contributed by atoms with van der Waals surface area (Å²) in [7, 11) is 1.69.